The van der Waals surface area contributed by atoms with Gasteiger partial charge in [0.15, 0.2) is 0 Å². The van der Waals surface area contributed by atoms with Gasteiger partial charge in [-0.2, -0.15) is 0 Å². The number of hydrogen-bond acceptors (Lipinski definition) is 3. The molecule has 12 heavy (non-hydrogen) atoms. The lowest BCUT2D eigenvalue weighted by Crippen LogP contribution is -2.19. The van der Waals surface area contributed by atoms with Gasteiger partial charge >= 0.3 is 0 Å². The lowest BCUT2D eigenvalue weighted by atomic mass is 10.1. The summed E-state index contributed by atoms with van der Waals surface area (Å²) < 4.78 is 0. The predicted octanol–water partition coefficient (Wildman–Crippen LogP) is 0.104. The third kappa shape index (κ3) is 2.30. The molecule has 1 aromatic rings. The van der Waals surface area contributed by atoms with Crippen molar-refractivity contribution < 1.29 is 0 Å². The van der Waals surface area contributed by atoms with Gasteiger partial charge in [0.05, 0.1) is 6.17 Å². The van der Waals surface area contributed by atoms with E-state index in [-0.39, 0.29) is 6.17 Å². The minimum absolute atomic E-state index is 0.378. The molecule has 0 saturated carbocycles. The average molecular weight is 165 g/mol. The smallest absolute Gasteiger partial charge is 0.0784 e. The molecule has 0 saturated heterocycles. The largest absolute Gasteiger partial charge is 0.330 e. The Balaban J connectivity index is 2.71. The van der Waals surface area contributed by atoms with Gasteiger partial charge in [0.1, 0.15) is 0 Å². The highest BCUT2D eigenvalue weighted by atomic mass is 14.8. The van der Waals surface area contributed by atoms with Crippen molar-refractivity contribution in [1.82, 2.24) is 0 Å². The molecule has 0 aromatic heterocycles. The lowest BCUT2D eigenvalue weighted by molar-refractivity contribution is 0.772. The fourth-order valence-electron chi connectivity index (χ4n) is 1.07. The molecule has 6 N–H and O–H groups in total. The van der Waals surface area contributed by atoms with Gasteiger partial charge in [-0.25, -0.2) is 0 Å². The van der Waals surface area contributed by atoms with E-state index in [4.69, 9.17) is 17.2 Å². The first kappa shape index (κ1) is 9.19. The van der Waals surface area contributed by atoms with Crippen molar-refractivity contribution >= 4 is 0 Å². The predicted molar refractivity (Wildman–Crippen MR) is 50.3 cm³/mol. The number of hydrogen-bond donors (Lipinski definition) is 3. The minimum atomic E-state index is -0.378. The molecule has 3 nitrogen and oxygen atoms in total. The molecule has 0 aliphatic carbocycles. The van der Waals surface area contributed by atoms with Gasteiger partial charge in [0.2, 0.25) is 0 Å². The van der Waals surface area contributed by atoms with Crippen molar-refractivity contribution in [3.8, 4) is 0 Å². The van der Waals surface area contributed by atoms with E-state index in [2.05, 4.69) is 0 Å². The van der Waals surface area contributed by atoms with Crippen LogP contribution in [0.1, 0.15) is 17.3 Å². The van der Waals surface area contributed by atoms with Gasteiger partial charge in [-0.15, -0.1) is 0 Å². The van der Waals surface area contributed by atoms with Gasteiger partial charge in [-0.1, -0.05) is 24.3 Å². The van der Waals surface area contributed by atoms with Crippen molar-refractivity contribution in [2.75, 3.05) is 6.54 Å². The summed E-state index contributed by atoms with van der Waals surface area (Å²) >= 11 is 0. The van der Waals surface area contributed by atoms with E-state index in [1.54, 1.807) is 0 Å². The summed E-state index contributed by atoms with van der Waals surface area (Å²) in [7, 11) is 0. The van der Waals surface area contributed by atoms with Crippen LogP contribution in [0.25, 0.3) is 0 Å². The highest BCUT2D eigenvalue weighted by Gasteiger charge is 1.97. The van der Waals surface area contributed by atoms with E-state index in [1.807, 2.05) is 24.3 Å². The SMILES string of the molecule is NCCc1ccc(C(N)N)cc1. The van der Waals surface area contributed by atoms with E-state index < -0.39 is 0 Å². The summed E-state index contributed by atoms with van der Waals surface area (Å²) in [6.45, 7) is 0.675. The first-order valence-corrected chi connectivity index (χ1v) is 4.04. The minimum Gasteiger partial charge on any atom is -0.330 e. The van der Waals surface area contributed by atoms with Crippen LogP contribution in [-0.4, -0.2) is 6.54 Å². The van der Waals surface area contributed by atoms with Crippen molar-refractivity contribution in [2.45, 2.75) is 12.6 Å². The Morgan fingerprint density at radius 3 is 2.08 bits per heavy atom. The van der Waals surface area contributed by atoms with Gasteiger partial charge in [0.25, 0.3) is 0 Å². The van der Waals surface area contributed by atoms with Crippen molar-refractivity contribution in [1.29, 1.82) is 0 Å². The van der Waals surface area contributed by atoms with E-state index in [0.717, 1.165) is 12.0 Å². The highest BCUT2D eigenvalue weighted by Crippen LogP contribution is 2.07. The van der Waals surface area contributed by atoms with Gasteiger partial charge in [-0.3, -0.25) is 0 Å². The number of rotatable bonds is 3. The quantitative estimate of drug-likeness (QED) is 0.556. The molecule has 66 valence electrons. The Morgan fingerprint density at radius 1 is 1.08 bits per heavy atom. The summed E-state index contributed by atoms with van der Waals surface area (Å²) in [6, 6.07) is 7.90. The maximum absolute atomic E-state index is 5.49. The molecular formula is C9H15N3. The van der Waals surface area contributed by atoms with Crippen LogP contribution < -0.4 is 17.2 Å². The summed E-state index contributed by atoms with van der Waals surface area (Å²) in [5.41, 5.74) is 18.6. The van der Waals surface area contributed by atoms with Gasteiger partial charge in [-0.05, 0) is 24.1 Å². The Bertz CT molecular complexity index is 228. The molecule has 0 atom stereocenters. The van der Waals surface area contributed by atoms with Crippen LogP contribution in [0.15, 0.2) is 24.3 Å². The maximum atomic E-state index is 5.49. The highest BCUT2D eigenvalue weighted by molar-refractivity contribution is 5.24. The molecule has 0 bridgehead atoms. The van der Waals surface area contributed by atoms with Crippen LogP contribution in [0.2, 0.25) is 0 Å². The zero-order valence-electron chi connectivity index (χ0n) is 7.03. The maximum Gasteiger partial charge on any atom is 0.0784 e. The van der Waals surface area contributed by atoms with Crippen LogP contribution in [0.4, 0.5) is 0 Å². The van der Waals surface area contributed by atoms with E-state index >= 15 is 0 Å². The van der Waals surface area contributed by atoms with Crippen LogP contribution in [0.3, 0.4) is 0 Å². The first-order valence-electron chi connectivity index (χ1n) is 4.04. The van der Waals surface area contributed by atoms with E-state index in [0.29, 0.717) is 6.54 Å². The fraction of sp³-hybridized carbons (Fsp3) is 0.333. The standard InChI is InChI=1S/C9H15N3/c10-6-5-7-1-3-8(4-2-7)9(11)12/h1-4,9H,5-6,10-12H2. The number of nitrogens with two attached hydrogens (primary N) is 3. The molecule has 0 unspecified atom stereocenters. The molecule has 0 fully saturated rings. The van der Waals surface area contributed by atoms with Crippen LogP contribution in [0.5, 0.6) is 0 Å². The Morgan fingerprint density at radius 2 is 1.67 bits per heavy atom. The fourth-order valence-corrected chi connectivity index (χ4v) is 1.07. The second-order valence-corrected chi connectivity index (χ2v) is 2.81. The first-order chi connectivity index (χ1) is 5.74. The molecule has 0 spiro atoms. The van der Waals surface area contributed by atoms with Crippen molar-refractivity contribution in [3.05, 3.63) is 35.4 Å². The summed E-state index contributed by atoms with van der Waals surface area (Å²) in [4.78, 5) is 0. The summed E-state index contributed by atoms with van der Waals surface area (Å²) in [6.07, 6.45) is 0.525. The monoisotopic (exact) mass is 165 g/mol. The topological polar surface area (TPSA) is 78.1 Å². The molecule has 3 heteroatoms. The van der Waals surface area contributed by atoms with E-state index in [9.17, 15) is 0 Å². The summed E-state index contributed by atoms with van der Waals surface area (Å²) in [5, 5.41) is 0. The Labute approximate surface area is 72.5 Å². The molecule has 0 heterocycles. The Kier molecular flexibility index (Phi) is 3.22. The normalized spacial score (nSPS) is 10.7. The molecule has 0 aliphatic rings. The lowest BCUT2D eigenvalue weighted by Gasteiger charge is -2.05. The van der Waals surface area contributed by atoms with Gasteiger partial charge < -0.3 is 17.2 Å². The third-order valence-electron chi connectivity index (χ3n) is 1.80. The molecule has 0 amide bonds. The zero-order valence-corrected chi connectivity index (χ0v) is 7.03. The van der Waals surface area contributed by atoms with Crippen LogP contribution in [-0.2, 0) is 6.42 Å². The molecule has 1 aromatic carbocycles. The third-order valence-corrected chi connectivity index (χ3v) is 1.80. The molecule has 0 aliphatic heterocycles. The molecule has 0 radical (unpaired) electrons. The average Bonchev–Trinajstić information content (AvgIpc) is 2.06. The van der Waals surface area contributed by atoms with Crippen molar-refractivity contribution in [3.63, 3.8) is 0 Å². The van der Waals surface area contributed by atoms with E-state index in [1.165, 1.54) is 5.56 Å². The summed E-state index contributed by atoms with van der Waals surface area (Å²) in [5.74, 6) is 0. The van der Waals surface area contributed by atoms with Gasteiger partial charge in [0, 0.05) is 0 Å². The zero-order chi connectivity index (χ0) is 8.97. The second-order valence-electron chi connectivity index (χ2n) is 2.81. The Hall–Kier alpha value is -0.900. The second kappa shape index (κ2) is 4.21. The van der Waals surface area contributed by atoms with Crippen LogP contribution >= 0.6 is 0 Å². The van der Waals surface area contributed by atoms with Crippen LogP contribution in [0, 0.1) is 0 Å². The molecule has 1 rings (SSSR count). The van der Waals surface area contributed by atoms with Crippen molar-refractivity contribution in [2.24, 2.45) is 17.2 Å². The molecular weight excluding hydrogens is 150 g/mol. The number of benzene rings is 1.